The van der Waals surface area contributed by atoms with Gasteiger partial charge in [-0.15, -0.1) is 0 Å². The van der Waals surface area contributed by atoms with Gasteiger partial charge in [0.15, 0.2) is 11.5 Å². The van der Waals surface area contributed by atoms with Gasteiger partial charge in [-0.05, 0) is 24.1 Å². The van der Waals surface area contributed by atoms with Gasteiger partial charge in [0, 0.05) is 25.1 Å². The van der Waals surface area contributed by atoms with Gasteiger partial charge in [0.1, 0.15) is 12.1 Å². The normalized spacial score (nSPS) is 19.4. The standard InChI is InChI=1S/C16H17N3O3/c1-2-14-15(22-10-21-14)5-11(1)7-17-16-6-13(18-9-19-16)12-3-4-20-8-12/h1-2,5-6,9,12H,3-4,7-8,10H2,(H,17,18,19)/t12-/m1/s1. The Morgan fingerprint density at radius 2 is 2.09 bits per heavy atom. The number of hydrogen-bond donors (Lipinski definition) is 1. The lowest BCUT2D eigenvalue weighted by atomic mass is 10.1. The largest absolute Gasteiger partial charge is 0.454 e. The summed E-state index contributed by atoms with van der Waals surface area (Å²) in [6.45, 7) is 2.53. The maximum Gasteiger partial charge on any atom is 0.231 e. The predicted octanol–water partition coefficient (Wildman–Crippen LogP) is 2.32. The van der Waals surface area contributed by atoms with Crippen molar-refractivity contribution >= 4 is 5.82 Å². The van der Waals surface area contributed by atoms with E-state index >= 15 is 0 Å². The van der Waals surface area contributed by atoms with E-state index in [2.05, 4.69) is 15.3 Å². The summed E-state index contributed by atoms with van der Waals surface area (Å²) in [5.41, 5.74) is 2.16. The second-order valence-corrected chi connectivity index (χ2v) is 5.43. The first-order valence-electron chi connectivity index (χ1n) is 7.40. The Hall–Kier alpha value is -2.34. The van der Waals surface area contributed by atoms with Crippen LogP contribution in [0.15, 0.2) is 30.6 Å². The van der Waals surface area contributed by atoms with E-state index in [1.54, 1.807) is 6.33 Å². The minimum absolute atomic E-state index is 0.297. The number of hydrogen-bond acceptors (Lipinski definition) is 6. The third-order valence-corrected chi connectivity index (χ3v) is 3.95. The van der Waals surface area contributed by atoms with Crippen molar-refractivity contribution in [3.05, 3.63) is 41.9 Å². The molecular weight excluding hydrogens is 282 g/mol. The van der Waals surface area contributed by atoms with Crippen LogP contribution >= 0.6 is 0 Å². The molecule has 1 fully saturated rings. The molecule has 2 aliphatic heterocycles. The van der Waals surface area contributed by atoms with Crippen molar-refractivity contribution in [3.8, 4) is 11.5 Å². The fraction of sp³-hybridized carbons (Fsp3) is 0.375. The Balaban J connectivity index is 1.44. The van der Waals surface area contributed by atoms with Crippen LogP contribution in [-0.4, -0.2) is 30.0 Å². The lowest BCUT2D eigenvalue weighted by molar-refractivity contribution is 0.174. The molecule has 1 N–H and O–H groups in total. The molecule has 2 aromatic rings. The van der Waals surface area contributed by atoms with E-state index in [1.807, 2.05) is 24.3 Å². The average Bonchev–Trinajstić information content (AvgIpc) is 3.24. The number of anilines is 1. The fourth-order valence-electron chi connectivity index (χ4n) is 2.70. The summed E-state index contributed by atoms with van der Waals surface area (Å²) in [7, 11) is 0. The lowest BCUT2D eigenvalue weighted by Gasteiger charge is -2.10. The van der Waals surface area contributed by atoms with Crippen LogP contribution in [0, 0.1) is 0 Å². The third kappa shape index (κ3) is 2.69. The highest BCUT2D eigenvalue weighted by Crippen LogP contribution is 2.32. The van der Waals surface area contributed by atoms with Crippen LogP contribution in [0.1, 0.15) is 23.6 Å². The van der Waals surface area contributed by atoms with Gasteiger partial charge in [-0.2, -0.15) is 0 Å². The topological polar surface area (TPSA) is 65.5 Å². The van der Waals surface area contributed by atoms with E-state index in [1.165, 1.54) is 0 Å². The SMILES string of the molecule is c1nc(NCc2ccc3c(c2)OCO3)cc([C@@H]2CCOC2)n1. The molecule has 6 nitrogen and oxygen atoms in total. The minimum Gasteiger partial charge on any atom is -0.454 e. The van der Waals surface area contributed by atoms with Crippen molar-refractivity contribution < 1.29 is 14.2 Å². The third-order valence-electron chi connectivity index (χ3n) is 3.95. The Bertz CT molecular complexity index is 671. The lowest BCUT2D eigenvalue weighted by Crippen LogP contribution is -2.06. The number of nitrogens with zero attached hydrogens (tertiary/aromatic N) is 2. The van der Waals surface area contributed by atoms with E-state index < -0.39 is 0 Å². The van der Waals surface area contributed by atoms with Crippen molar-refractivity contribution in [1.82, 2.24) is 9.97 Å². The van der Waals surface area contributed by atoms with E-state index in [-0.39, 0.29) is 0 Å². The first-order valence-corrected chi connectivity index (χ1v) is 7.40. The molecule has 1 atom stereocenters. The highest BCUT2D eigenvalue weighted by atomic mass is 16.7. The van der Waals surface area contributed by atoms with Gasteiger partial charge in [0.25, 0.3) is 0 Å². The molecule has 1 saturated heterocycles. The monoisotopic (exact) mass is 299 g/mol. The molecule has 6 heteroatoms. The zero-order valence-electron chi connectivity index (χ0n) is 12.1. The Morgan fingerprint density at radius 1 is 1.14 bits per heavy atom. The molecule has 0 unspecified atom stereocenters. The molecule has 4 rings (SSSR count). The van der Waals surface area contributed by atoms with Crippen LogP contribution < -0.4 is 14.8 Å². The van der Waals surface area contributed by atoms with E-state index in [0.29, 0.717) is 19.3 Å². The maximum absolute atomic E-state index is 5.42. The van der Waals surface area contributed by atoms with Crippen LogP contribution in [0.5, 0.6) is 11.5 Å². The quantitative estimate of drug-likeness (QED) is 0.934. The number of rotatable bonds is 4. The maximum atomic E-state index is 5.42. The van der Waals surface area contributed by atoms with Crippen LogP contribution in [-0.2, 0) is 11.3 Å². The highest BCUT2D eigenvalue weighted by Gasteiger charge is 2.19. The summed E-state index contributed by atoms with van der Waals surface area (Å²) in [6.07, 6.45) is 2.63. The van der Waals surface area contributed by atoms with Gasteiger partial charge < -0.3 is 19.5 Å². The van der Waals surface area contributed by atoms with Crippen molar-refractivity contribution in [2.45, 2.75) is 18.9 Å². The molecule has 3 heterocycles. The summed E-state index contributed by atoms with van der Waals surface area (Å²) < 4.78 is 16.1. The summed E-state index contributed by atoms with van der Waals surface area (Å²) >= 11 is 0. The molecule has 1 aromatic carbocycles. The summed E-state index contributed by atoms with van der Waals surface area (Å²) in [5, 5.41) is 3.33. The molecule has 0 saturated carbocycles. The zero-order chi connectivity index (χ0) is 14.8. The van der Waals surface area contributed by atoms with E-state index in [4.69, 9.17) is 14.2 Å². The van der Waals surface area contributed by atoms with Crippen LogP contribution in [0.2, 0.25) is 0 Å². The average molecular weight is 299 g/mol. The van der Waals surface area contributed by atoms with Gasteiger partial charge >= 0.3 is 0 Å². The molecule has 0 amide bonds. The zero-order valence-corrected chi connectivity index (χ0v) is 12.1. The van der Waals surface area contributed by atoms with E-state index in [9.17, 15) is 0 Å². The second-order valence-electron chi connectivity index (χ2n) is 5.43. The second kappa shape index (κ2) is 5.81. The molecule has 1 aromatic heterocycles. The molecule has 0 radical (unpaired) electrons. The van der Waals surface area contributed by atoms with Gasteiger partial charge in [-0.3, -0.25) is 0 Å². The Morgan fingerprint density at radius 3 is 3.00 bits per heavy atom. The summed E-state index contributed by atoms with van der Waals surface area (Å²) in [5.74, 6) is 2.81. The number of benzene rings is 1. The smallest absolute Gasteiger partial charge is 0.231 e. The van der Waals surface area contributed by atoms with Gasteiger partial charge in [0.2, 0.25) is 6.79 Å². The van der Waals surface area contributed by atoms with Crippen molar-refractivity contribution in [2.24, 2.45) is 0 Å². The number of nitrogens with one attached hydrogen (secondary N) is 1. The molecule has 22 heavy (non-hydrogen) atoms. The number of ether oxygens (including phenoxy) is 3. The molecule has 0 aliphatic carbocycles. The van der Waals surface area contributed by atoms with Crippen molar-refractivity contribution in [3.63, 3.8) is 0 Å². The van der Waals surface area contributed by atoms with Gasteiger partial charge in [0.05, 0.1) is 12.3 Å². The van der Waals surface area contributed by atoms with Gasteiger partial charge in [-0.1, -0.05) is 6.07 Å². The number of fused-ring (bicyclic) bond motifs is 1. The highest BCUT2D eigenvalue weighted by molar-refractivity contribution is 5.46. The summed E-state index contributed by atoms with van der Waals surface area (Å²) in [6, 6.07) is 7.95. The molecule has 114 valence electrons. The first-order chi connectivity index (χ1) is 10.9. The molecule has 2 aliphatic rings. The Kier molecular flexibility index (Phi) is 3.52. The van der Waals surface area contributed by atoms with Crippen molar-refractivity contribution in [2.75, 3.05) is 25.3 Å². The first kappa shape index (κ1) is 13.3. The van der Waals surface area contributed by atoms with Crippen LogP contribution in [0.3, 0.4) is 0 Å². The van der Waals surface area contributed by atoms with Crippen LogP contribution in [0.4, 0.5) is 5.82 Å². The molecular formula is C16H17N3O3. The minimum atomic E-state index is 0.297. The number of aromatic nitrogens is 2. The van der Waals surface area contributed by atoms with Crippen molar-refractivity contribution in [1.29, 1.82) is 0 Å². The molecule has 0 spiro atoms. The fourth-order valence-corrected chi connectivity index (χ4v) is 2.70. The predicted molar refractivity (Wildman–Crippen MR) is 80.1 cm³/mol. The summed E-state index contributed by atoms with van der Waals surface area (Å²) in [4.78, 5) is 8.64. The van der Waals surface area contributed by atoms with E-state index in [0.717, 1.165) is 48.2 Å². The van der Waals surface area contributed by atoms with Crippen LogP contribution in [0.25, 0.3) is 0 Å². The Labute approximate surface area is 128 Å². The molecule has 0 bridgehead atoms. The van der Waals surface area contributed by atoms with Gasteiger partial charge in [-0.25, -0.2) is 9.97 Å².